The number of hydrogen-bond donors (Lipinski definition) is 0. The van der Waals surface area contributed by atoms with Crippen LogP contribution in [0.2, 0.25) is 0 Å². The number of ether oxygens (including phenoxy) is 2. The van der Waals surface area contributed by atoms with E-state index in [0.717, 1.165) is 5.57 Å². The molecular weight excluding hydrogens is 324 g/mol. The molecule has 1 amide bonds. The van der Waals surface area contributed by atoms with Gasteiger partial charge in [-0.25, -0.2) is 4.79 Å². The smallest absolute Gasteiger partial charge is 0.410 e. The summed E-state index contributed by atoms with van der Waals surface area (Å²) in [5.74, 6) is 0.452. The zero-order valence-electron chi connectivity index (χ0n) is 15.1. The molecule has 0 spiro atoms. The van der Waals surface area contributed by atoms with Gasteiger partial charge in [0, 0.05) is 13.1 Å². The van der Waals surface area contributed by atoms with Crippen LogP contribution >= 0.6 is 0 Å². The van der Waals surface area contributed by atoms with E-state index in [4.69, 9.17) is 9.47 Å². The zero-order valence-corrected chi connectivity index (χ0v) is 15.1. The molecule has 0 radical (unpaired) electrons. The quantitative estimate of drug-likeness (QED) is 0.609. The molecule has 0 bridgehead atoms. The van der Waals surface area contributed by atoms with Crippen LogP contribution in [0, 0.1) is 10.1 Å². The molecule has 1 aromatic carbocycles. The Balaban J connectivity index is 2.08. The third kappa shape index (κ3) is 5.20. The zero-order chi connectivity index (χ0) is 18.6. The average molecular weight is 348 g/mol. The second-order valence-electron chi connectivity index (χ2n) is 6.95. The molecule has 2 rings (SSSR count). The fourth-order valence-electron chi connectivity index (χ4n) is 2.60. The predicted molar refractivity (Wildman–Crippen MR) is 94.7 cm³/mol. The summed E-state index contributed by atoms with van der Waals surface area (Å²) in [6, 6.07) is 4.81. The minimum atomic E-state index is -0.517. The SMILES string of the molecule is COc1ccc(C=C2CCN(C(=O)OC(C)(C)C)CC2)c([N+](=O)[O-])c1. The summed E-state index contributed by atoms with van der Waals surface area (Å²) in [7, 11) is 1.48. The van der Waals surface area contributed by atoms with Crippen LogP contribution in [0.25, 0.3) is 6.08 Å². The molecule has 0 saturated carbocycles. The third-order valence-corrected chi connectivity index (χ3v) is 3.85. The number of hydrogen-bond acceptors (Lipinski definition) is 5. The molecule has 0 unspecified atom stereocenters. The highest BCUT2D eigenvalue weighted by Gasteiger charge is 2.25. The molecule has 0 atom stereocenters. The first-order valence-electron chi connectivity index (χ1n) is 8.19. The molecule has 1 saturated heterocycles. The molecule has 136 valence electrons. The molecule has 7 heteroatoms. The average Bonchev–Trinajstić information content (AvgIpc) is 2.54. The van der Waals surface area contributed by atoms with E-state index in [9.17, 15) is 14.9 Å². The van der Waals surface area contributed by atoms with Crippen LogP contribution in [0.1, 0.15) is 39.2 Å². The first-order chi connectivity index (χ1) is 11.7. The van der Waals surface area contributed by atoms with E-state index in [-0.39, 0.29) is 11.8 Å². The van der Waals surface area contributed by atoms with E-state index in [0.29, 0.717) is 37.2 Å². The maximum absolute atomic E-state index is 12.1. The number of nitro groups is 1. The maximum Gasteiger partial charge on any atom is 0.410 e. The fraction of sp³-hybridized carbons (Fsp3) is 0.500. The lowest BCUT2D eigenvalue weighted by atomic mass is 10.0. The second-order valence-corrected chi connectivity index (χ2v) is 6.95. The molecule has 1 aromatic rings. The van der Waals surface area contributed by atoms with Gasteiger partial charge in [0.15, 0.2) is 0 Å². The minimum Gasteiger partial charge on any atom is -0.497 e. The lowest BCUT2D eigenvalue weighted by molar-refractivity contribution is -0.385. The number of piperidine rings is 1. The molecule has 0 N–H and O–H groups in total. The second kappa shape index (κ2) is 7.55. The van der Waals surface area contributed by atoms with Crippen LogP contribution in [-0.2, 0) is 4.74 Å². The number of amides is 1. The Kier molecular flexibility index (Phi) is 5.66. The normalized spacial score (nSPS) is 14.9. The van der Waals surface area contributed by atoms with E-state index in [1.807, 2.05) is 26.8 Å². The first-order valence-corrected chi connectivity index (χ1v) is 8.19. The van der Waals surface area contributed by atoms with E-state index >= 15 is 0 Å². The van der Waals surface area contributed by atoms with E-state index in [1.165, 1.54) is 13.2 Å². The van der Waals surface area contributed by atoms with Gasteiger partial charge in [0.05, 0.1) is 23.7 Å². The van der Waals surface area contributed by atoms with Gasteiger partial charge < -0.3 is 14.4 Å². The highest BCUT2D eigenvalue weighted by Crippen LogP contribution is 2.29. The Morgan fingerprint density at radius 2 is 1.92 bits per heavy atom. The summed E-state index contributed by atoms with van der Waals surface area (Å²) >= 11 is 0. The summed E-state index contributed by atoms with van der Waals surface area (Å²) < 4.78 is 10.4. The van der Waals surface area contributed by atoms with Crippen molar-refractivity contribution in [2.75, 3.05) is 20.2 Å². The van der Waals surface area contributed by atoms with E-state index in [2.05, 4.69) is 0 Å². The predicted octanol–water partition coefficient (Wildman–Crippen LogP) is 4.02. The van der Waals surface area contributed by atoms with Gasteiger partial charge >= 0.3 is 6.09 Å². The van der Waals surface area contributed by atoms with Crippen LogP contribution in [0.3, 0.4) is 0 Å². The van der Waals surface area contributed by atoms with E-state index < -0.39 is 10.5 Å². The van der Waals surface area contributed by atoms with Crippen molar-refractivity contribution in [1.82, 2.24) is 4.90 Å². The Morgan fingerprint density at radius 1 is 1.28 bits per heavy atom. The summed E-state index contributed by atoms with van der Waals surface area (Å²) in [5.41, 5.74) is 1.12. The minimum absolute atomic E-state index is 0.0152. The molecule has 0 aliphatic carbocycles. The van der Waals surface area contributed by atoms with Crippen LogP contribution < -0.4 is 4.74 Å². The lowest BCUT2D eigenvalue weighted by Crippen LogP contribution is -2.40. The van der Waals surface area contributed by atoms with Gasteiger partial charge in [0.1, 0.15) is 11.4 Å². The van der Waals surface area contributed by atoms with Gasteiger partial charge in [-0.1, -0.05) is 5.57 Å². The molecule has 25 heavy (non-hydrogen) atoms. The van der Waals surface area contributed by atoms with Crippen molar-refractivity contribution < 1.29 is 19.2 Å². The molecule has 1 fully saturated rings. The Morgan fingerprint density at radius 3 is 2.44 bits per heavy atom. The standard InChI is InChI=1S/C18H24N2O5/c1-18(2,3)25-17(21)19-9-7-13(8-10-19)11-14-5-6-15(24-4)12-16(14)20(22)23/h5-6,11-12H,7-10H2,1-4H3. The third-order valence-electron chi connectivity index (χ3n) is 3.85. The van der Waals surface area contributed by atoms with Gasteiger partial charge in [-0.2, -0.15) is 0 Å². The van der Waals surface area contributed by atoms with Crippen molar-refractivity contribution in [3.8, 4) is 5.75 Å². The molecule has 7 nitrogen and oxygen atoms in total. The van der Waals surface area contributed by atoms with Crippen molar-refractivity contribution in [2.24, 2.45) is 0 Å². The van der Waals surface area contributed by atoms with Gasteiger partial charge in [0.25, 0.3) is 5.69 Å². The van der Waals surface area contributed by atoms with Crippen molar-refractivity contribution in [3.63, 3.8) is 0 Å². The molecule has 1 aliphatic rings. The highest BCUT2D eigenvalue weighted by atomic mass is 16.6. The molecular formula is C18H24N2O5. The lowest BCUT2D eigenvalue weighted by Gasteiger charge is -2.31. The summed E-state index contributed by atoms with van der Waals surface area (Å²) in [4.78, 5) is 24.6. The Bertz CT molecular complexity index is 681. The van der Waals surface area contributed by atoms with Crippen molar-refractivity contribution >= 4 is 17.9 Å². The summed E-state index contributed by atoms with van der Waals surface area (Å²) in [5, 5.41) is 11.3. The Labute approximate surface area is 147 Å². The molecule has 1 heterocycles. The molecule has 0 aromatic heterocycles. The van der Waals surface area contributed by atoms with Gasteiger partial charge in [0.2, 0.25) is 0 Å². The van der Waals surface area contributed by atoms with Crippen molar-refractivity contribution in [1.29, 1.82) is 0 Å². The van der Waals surface area contributed by atoms with Gasteiger partial charge in [-0.05, 0) is 51.8 Å². The maximum atomic E-state index is 12.1. The van der Waals surface area contributed by atoms with E-state index in [1.54, 1.807) is 17.0 Å². The van der Waals surface area contributed by atoms with Crippen LogP contribution in [0.5, 0.6) is 5.75 Å². The van der Waals surface area contributed by atoms with Crippen molar-refractivity contribution in [2.45, 2.75) is 39.2 Å². The van der Waals surface area contributed by atoms with Crippen LogP contribution in [0.15, 0.2) is 23.8 Å². The number of nitrogens with zero attached hydrogens (tertiary/aromatic N) is 2. The monoisotopic (exact) mass is 348 g/mol. The number of carbonyl (C=O) groups is 1. The fourth-order valence-corrected chi connectivity index (χ4v) is 2.60. The highest BCUT2D eigenvalue weighted by molar-refractivity contribution is 5.69. The van der Waals surface area contributed by atoms with Gasteiger partial charge in [-0.3, -0.25) is 10.1 Å². The number of methoxy groups -OCH3 is 1. The number of rotatable bonds is 3. The number of nitro benzene ring substituents is 1. The number of carbonyl (C=O) groups excluding carboxylic acids is 1. The van der Waals surface area contributed by atoms with Crippen molar-refractivity contribution in [3.05, 3.63) is 39.4 Å². The van der Waals surface area contributed by atoms with Crippen LogP contribution in [0.4, 0.5) is 10.5 Å². The molecule has 1 aliphatic heterocycles. The first kappa shape index (κ1) is 18.8. The summed E-state index contributed by atoms with van der Waals surface area (Å²) in [6.45, 7) is 6.60. The largest absolute Gasteiger partial charge is 0.497 e. The van der Waals surface area contributed by atoms with Crippen LogP contribution in [-0.4, -0.2) is 41.7 Å². The number of benzene rings is 1. The van der Waals surface area contributed by atoms with Gasteiger partial charge in [-0.15, -0.1) is 0 Å². The topological polar surface area (TPSA) is 81.9 Å². The number of likely N-dealkylation sites (tertiary alicyclic amines) is 1. The summed E-state index contributed by atoms with van der Waals surface area (Å²) in [6.07, 6.45) is 2.86. The Hall–Kier alpha value is -2.57.